The number of amides is 3. The van der Waals surface area contributed by atoms with Crippen molar-refractivity contribution in [3.05, 3.63) is 24.3 Å². The number of urea groups is 1. The molecule has 9 heteroatoms. The lowest BCUT2D eigenvalue weighted by Crippen LogP contribution is -2.41. The van der Waals surface area contributed by atoms with Crippen LogP contribution in [0.1, 0.15) is 13.8 Å². The Hall–Kier alpha value is -2.55. The number of imide groups is 1. The highest BCUT2D eigenvalue weighted by Crippen LogP contribution is 2.27. The first-order valence-corrected chi connectivity index (χ1v) is 8.17. The Labute approximate surface area is 143 Å². The topological polar surface area (TPSA) is 106 Å². The summed E-state index contributed by atoms with van der Waals surface area (Å²) in [6, 6.07) is 6.70. The number of carbonyl (C=O) groups excluding carboxylic acids is 2. The molecule has 2 aromatic rings. The summed E-state index contributed by atoms with van der Waals surface area (Å²) < 4.78 is 10.9. The van der Waals surface area contributed by atoms with Crippen molar-refractivity contribution in [2.24, 2.45) is 0 Å². The average Bonchev–Trinajstić information content (AvgIpc) is 3.04. The van der Waals surface area contributed by atoms with E-state index in [0.29, 0.717) is 12.5 Å². The van der Waals surface area contributed by atoms with E-state index in [4.69, 9.17) is 9.15 Å². The lowest BCUT2D eigenvalue weighted by Gasteiger charge is -2.07. The van der Waals surface area contributed by atoms with Crippen LogP contribution in [-0.4, -0.2) is 41.0 Å². The third-order valence-electron chi connectivity index (χ3n) is 2.93. The zero-order valence-electron chi connectivity index (χ0n) is 13.5. The minimum absolute atomic E-state index is 0.249. The number of carbonyl (C=O) groups is 2. The molecular weight excluding hydrogens is 332 g/mol. The average molecular weight is 350 g/mol. The molecule has 0 saturated heterocycles. The molecule has 0 saturated carbocycles. The van der Waals surface area contributed by atoms with Gasteiger partial charge in [-0.15, -0.1) is 10.2 Å². The van der Waals surface area contributed by atoms with Crippen LogP contribution < -0.4 is 15.4 Å². The van der Waals surface area contributed by atoms with Crippen molar-refractivity contribution < 1.29 is 18.7 Å². The van der Waals surface area contributed by atoms with Gasteiger partial charge in [0, 0.05) is 12.6 Å². The predicted molar refractivity (Wildman–Crippen MR) is 88.8 cm³/mol. The fourth-order valence-corrected chi connectivity index (χ4v) is 2.40. The number of aromatic nitrogens is 2. The maximum absolute atomic E-state index is 11.8. The third kappa shape index (κ3) is 4.72. The molecule has 1 aromatic carbocycles. The van der Waals surface area contributed by atoms with Crippen molar-refractivity contribution in [3.63, 3.8) is 0 Å². The molecule has 2 rings (SSSR count). The van der Waals surface area contributed by atoms with Gasteiger partial charge in [0.1, 0.15) is 5.75 Å². The number of ether oxygens (including phenoxy) is 1. The highest BCUT2D eigenvalue weighted by Gasteiger charge is 2.20. The smallest absolute Gasteiger partial charge is 0.321 e. The van der Waals surface area contributed by atoms with Crippen molar-refractivity contribution in [2.45, 2.75) is 24.3 Å². The lowest BCUT2D eigenvalue weighted by atomic mass is 10.2. The molecule has 1 aromatic heterocycles. The number of benzene rings is 1. The highest BCUT2D eigenvalue weighted by molar-refractivity contribution is 8.00. The summed E-state index contributed by atoms with van der Waals surface area (Å²) in [5, 5.41) is 12.1. The second kappa shape index (κ2) is 8.34. The summed E-state index contributed by atoms with van der Waals surface area (Å²) in [7, 11) is 1.43. The molecule has 2 N–H and O–H groups in total. The molecule has 3 amide bonds. The minimum Gasteiger partial charge on any atom is -0.494 e. The largest absolute Gasteiger partial charge is 0.494 e. The van der Waals surface area contributed by atoms with Gasteiger partial charge in [-0.05, 0) is 38.1 Å². The van der Waals surface area contributed by atoms with E-state index in [2.05, 4.69) is 20.8 Å². The predicted octanol–water partition coefficient (Wildman–Crippen LogP) is 2.07. The standard InChI is InChI=1S/C15H18N4O4S/c1-4-22-11-7-5-10(6-8-11)13-18-19-15(23-13)24-9(2)12(20)17-14(21)16-3/h5-9H,4H2,1-3H3,(H2,16,17,20,21)/t9-/m1/s1. The zero-order valence-corrected chi connectivity index (χ0v) is 14.3. The maximum atomic E-state index is 11.8. The van der Waals surface area contributed by atoms with Gasteiger partial charge in [-0.25, -0.2) is 4.79 Å². The van der Waals surface area contributed by atoms with Gasteiger partial charge in [0.25, 0.3) is 5.22 Å². The summed E-state index contributed by atoms with van der Waals surface area (Å²) >= 11 is 1.07. The van der Waals surface area contributed by atoms with Crippen molar-refractivity contribution in [1.29, 1.82) is 0 Å². The van der Waals surface area contributed by atoms with Crippen LogP contribution in [0.5, 0.6) is 5.75 Å². The maximum Gasteiger partial charge on any atom is 0.321 e. The number of nitrogens with zero attached hydrogens (tertiary/aromatic N) is 2. The Morgan fingerprint density at radius 1 is 1.29 bits per heavy atom. The Morgan fingerprint density at radius 2 is 2.00 bits per heavy atom. The molecule has 0 aliphatic carbocycles. The molecule has 24 heavy (non-hydrogen) atoms. The first-order valence-electron chi connectivity index (χ1n) is 7.29. The number of rotatable bonds is 6. The molecular formula is C15H18N4O4S. The van der Waals surface area contributed by atoms with E-state index in [1.807, 2.05) is 31.2 Å². The number of thioether (sulfide) groups is 1. The molecule has 8 nitrogen and oxygen atoms in total. The highest BCUT2D eigenvalue weighted by atomic mass is 32.2. The third-order valence-corrected chi connectivity index (χ3v) is 3.86. The van der Waals surface area contributed by atoms with E-state index >= 15 is 0 Å². The van der Waals surface area contributed by atoms with Crippen molar-refractivity contribution >= 4 is 23.7 Å². The summed E-state index contributed by atoms with van der Waals surface area (Å²) in [5.74, 6) is 0.662. The van der Waals surface area contributed by atoms with Gasteiger partial charge in [0.05, 0.1) is 11.9 Å². The second-order valence-electron chi connectivity index (χ2n) is 4.66. The Bertz CT molecular complexity index is 702. The fraction of sp³-hybridized carbons (Fsp3) is 0.333. The van der Waals surface area contributed by atoms with E-state index in [0.717, 1.165) is 23.1 Å². The summed E-state index contributed by atoms with van der Waals surface area (Å²) in [4.78, 5) is 22.9. The molecule has 0 fully saturated rings. The quantitative estimate of drug-likeness (QED) is 0.768. The van der Waals surface area contributed by atoms with Gasteiger partial charge in [-0.1, -0.05) is 11.8 Å². The van der Waals surface area contributed by atoms with Crippen LogP contribution in [0.15, 0.2) is 33.9 Å². The Morgan fingerprint density at radius 3 is 2.62 bits per heavy atom. The number of hydrogen-bond acceptors (Lipinski definition) is 7. The molecule has 0 bridgehead atoms. The van der Waals surface area contributed by atoms with Crippen LogP contribution in [0.25, 0.3) is 11.5 Å². The van der Waals surface area contributed by atoms with E-state index in [-0.39, 0.29) is 5.22 Å². The Kier molecular flexibility index (Phi) is 6.19. The van der Waals surface area contributed by atoms with Gasteiger partial charge >= 0.3 is 6.03 Å². The van der Waals surface area contributed by atoms with Crippen molar-refractivity contribution in [1.82, 2.24) is 20.8 Å². The van der Waals surface area contributed by atoms with E-state index in [1.165, 1.54) is 7.05 Å². The SMILES string of the molecule is CCOc1ccc(-c2nnc(S[C@H](C)C(=O)NC(=O)NC)o2)cc1. The normalized spacial score (nSPS) is 11.6. The first kappa shape index (κ1) is 17.8. The van der Waals surface area contributed by atoms with Crippen LogP contribution in [0, 0.1) is 0 Å². The van der Waals surface area contributed by atoms with Gasteiger partial charge < -0.3 is 14.5 Å². The van der Waals surface area contributed by atoms with Gasteiger partial charge in [0.15, 0.2) is 0 Å². The van der Waals surface area contributed by atoms with E-state index < -0.39 is 17.2 Å². The zero-order chi connectivity index (χ0) is 17.5. The van der Waals surface area contributed by atoms with Gasteiger partial charge in [0.2, 0.25) is 11.8 Å². The minimum atomic E-state index is -0.562. The summed E-state index contributed by atoms with van der Waals surface area (Å²) in [5.41, 5.74) is 0.750. The van der Waals surface area contributed by atoms with Gasteiger partial charge in [-0.3, -0.25) is 10.1 Å². The van der Waals surface area contributed by atoms with Crippen molar-refractivity contribution in [3.8, 4) is 17.2 Å². The molecule has 0 unspecified atom stereocenters. The number of nitrogens with one attached hydrogen (secondary N) is 2. The van der Waals surface area contributed by atoms with Gasteiger partial charge in [-0.2, -0.15) is 0 Å². The molecule has 0 aliphatic heterocycles. The van der Waals surface area contributed by atoms with Crippen LogP contribution in [0.4, 0.5) is 4.79 Å². The first-order chi connectivity index (χ1) is 11.5. The van der Waals surface area contributed by atoms with Crippen LogP contribution in [0.2, 0.25) is 0 Å². The van der Waals surface area contributed by atoms with Crippen LogP contribution in [-0.2, 0) is 4.79 Å². The molecule has 1 atom stereocenters. The van der Waals surface area contributed by atoms with E-state index in [9.17, 15) is 9.59 Å². The van der Waals surface area contributed by atoms with E-state index in [1.54, 1.807) is 6.92 Å². The van der Waals surface area contributed by atoms with Crippen LogP contribution >= 0.6 is 11.8 Å². The lowest BCUT2D eigenvalue weighted by molar-refractivity contribution is -0.119. The summed E-state index contributed by atoms with van der Waals surface area (Å²) in [6.07, 6.45) is 0. The molecule has 128 valence electrons. The molecule has 0 radical (unpaired) electrons. The molecule has 0 aliphatic rings. The number of hydrogen-bond donors (Lipinski definition) is 2. The molecule has 1 heterocycles. The monoisotopic (exact) mass is 350 g/mol. The van der Waals surface area contributed by atoms with Crippen molar-refractivity contribution in [2.75, 3.05) is 13.7 Å². The van der Waals surface area contributed by atoms with Crippen LogP contribution in [0.3, 0.4) is 0 Å². The molecule has 0 spiro atoms. The second-order valence-corrected chi connectivity index (χ2v) is 5.95. The Balaban J connectivity index is 1.99. The summed E-state index contributed by atoms with van der Waals surface area (Å²) in [6.45, 7) is 4.15. The fourth-order valence-electron chi connectivity index (χ4n) is 1.72.